The third-order valence-electron chi connectivity index (χ3n) is 5.91. The first-order valence-electron chi connectivity index (χ1n) is 12.2. The van der Waals surface area contributed by atoms with E-state index < -0.39 is 6.36 Å². The van der Waals surface area contributed by atoms with Crippen LogP contribution in [0.1, 0.15) is 30.9 Å². The molecule has 1 aliphatic heterocycles. The summed E-state index contributed by atoms with van der Waals surface area (Å²) in [5, 5.41) is 13.5. The average Bonchev–Trinajstić information content (AvgIpc) is 3.56. The highest BCUT2D eigenvalue weighted by atomic mass is 32.2. The van der Waals surface area contributed by atoms with Crippen molar-refractivity contribution < 1.29 is 22.7 Å². The van der Waals surface area contributed by atoms with Crippen molar-refractivity contribution in [1.29, 1.82) is 0 Å². The van der Waals surface area contributed by atoms with Gasteiger partial charge in [-0.1, -0.05) is 68.1 Å². The van der Waals surface area contributed by atoms with Gasteiger partial charge >= 0.3 is 6.36 Å². The lowest BCUT2D eigenvalue weighted by Gasteiger charge is -2.20. The Balaban J connectivity index is 1.27. The molecule has 3 aromatic carbocycles. The molecule has 1 fully saturated rings. The number of para-hydroxylation sites is 1. The van der Waals surface area contributed by atoms with Crippen molar-refractivity contribution in [3.8, 4) is 22.8 Å². The maximum Gasteiger partial charge on any atom is 0.573 e. The van der Waals surface area contributed by atoms with Gasteiger partial charge in [0.05, 0.1) is 23.3 Å². The number of hydrogen-bond donors (Lipinski definition) is 0. The summed E-state index contributed by atoms with van der Waals surface area (Å²) in [5.41, 5.74) is 3.95. The standard InChI is InChI=1S/C28H23F3N6O2S/c1-18(2)23-5-3-4-6-24(23)37-25(38)16-40-27(37)34-33-15-19-7-9-20(10-8-19)26-32-17-36(35-26)21-11-13-22(14-12-21)39-28(29,30)31/h3-15,17-18H,16H2,1-2H3. The van der Waals surface area contributed by atoms with Crippen LogP contribution in [-0.4, -0.2) is 44.2 Å². The summed E-state index contributed by atoms with van der Waals surface area (Å²) in [4.78, 5) is 18.6. The molecule has 2 heterocycles. The van der Waals surface area contributed by atoms with Gasteiger partial charge in [0.15, 0.2) is 11.0 Å². The van der Waals surface area contributed by atoms with Crippen LogP contribution < -0.4 is 9.64 Å². The van der Waals surface area contributed by atoms with E-state index in [9.17, 15) is 18.0 Å². The number of halogens is 3. The molecule has 40 heavy (non-hydrogen) atoms. The molecule has 0 N–H and O–H groups in total. The Kier molecular flexibility index (Phi) is 7.69. The Morgan fingerprint density at radius 1 is 1.02 bits per heavy atom. The van der Waals surface area contributed by atoms with Crippen LogP contribution in [0.4, 0.5) is 18.9 Å². The number of benzene rings is 3. The molecule has 1 aliphatic rings. The van der Waals surface area contributed by atoms with Crippen molar-refractivity contribution >= 4 is 34.7 Å². The lowest BCUT2D eigenvalue weighted by Crippen LogP contribution is -2.30. The number of amides is 1. The number of carbonyl (C=O) groups is 1. The molecule has 12 heteroatoms. The fraction of sp³-hybridized carbons (Fsp3) is 0.179. The van der Waals surface area contributed by atoms with Gasteiger partial charge in [0, 0.05) is 5.56 Å². The number of carbonyl (C=O) groups excluding carboxylic acids is 1. The predicted octanol–water partition coefficient (Wildman–Crippen LogP) is 6.43. The van der Waals surface area contributed by atoms with Crippen molar-refractivity contribution in [1.82, 2.24) is 14.8 Å². The van der Waals surface area contributed by atoms with E-state index in [1.165, 1.54) is 47.0 Å². The SMILES string of the molecule is CC(C)c1ccccc1N1C(=O)CSC1=NN=Cc1ccc(-c2ncn(-c3ccc(OC(F)(F)F)cc3)n2)cc1. The molecule has 0 unspecified atom stereocenters. The number of anilines is 1. The number of thioether (sulfide) groups is 1. The van der Waals surface area contributed by atoms with Crippen LogP contribution in [0, 0.1) is 0 Å². The number of amidine groups is 1. The molecule has 0 aliphatic carbocycles. The van der Waals surface area contributed by atoms with E-state index in [-0.39, 0.29) is 17.6 Å². The van der Waals surface area contributed by atoms with Crippen LogP contribution in [0.25, 0.3) is 17.1 Å². The first kappa shape index (κ1) is 27.1. The number of hydrogen-bond acceptors (Lipinski definition) is 7. The van der Waals surface area contributed by atoms with Crippen molar-refractivity contribution in [2.24, 2.45) is 10.2 Å². The molecule has 0 radical (unpaired) electrons. The number of ether oxygens (including phenoxy) is 1. The summed E-state index contributed by atoms with van der Waals surface area (Å²) in [5.74, 6) is 0.650. The zero-order chi connectivity index (χ0) is 28.3. The summed E-state index contributed by atoms with van der Waals surface area (Å²) in [6.45, 7) is 4.17. The normalized spacial score (nSPS) is 15.1. The smallest absolute Gasteiger partial charge is 0.406 e. The molecule has 5 rings (SSSR count). The molecule has 1 amide bonds. The van der Waals surface area contributed by atoms with Gasteiger partial charge in [0.2, 0.25) is 5.91 Å². The average molecular weight is 565 g/mol. The molecule has 0 atom stereocenters. The Hall–Kier alpha value is -4.45. The van der Waals surface area contributed by atoms with Crippen molar-refractivity contribution in [3.05, 3.63) is 90.3 Å². The second-order valence-electron chi connectivity index (χ2n) is 9.03. The molecule has 0 spiro atoms. The Labute approximate surface area is 232 Å². The highest BCUT2D eigenvalue weighted by molar-refractivity contribution is 8.15. The zero-order valence-electron chi connectivity index (χ0n) is 21.4. The predicted molar refractivity (Wildman–Crippen MR) is 149 cm³/mol. The molecule has 0 saturated carbocycles. The minimum Gasteiger partial charge on any atom is -0.406 e. The number of aromatic nitrogens is 3. The van der Waals surface area contributed by atoms with E-state index in [2.05, 4.69) is 38.9 Å². The summed E-state index contributed by atoms with van der Waals surface area (Å²) in [6.07, 6.45) is -1.67. The second-order valence-corrected chi connectivity index (χ2v) is 9.98. The van der Waals surface area contributed by atoms with Gasteiger partial charge in [-0.3, -0.25) is 9.69 Å². The van der Waals surface area contributed by atoms with Crippen molar-refractivity contribution in [2.75, 3.05) is 10.7 Å². The van der Waals surface area contributed by atoms with Crippen LogP contribution in [-0.2, 0) is 4.79 Å². The summed E-state index contributed by atoms with van der Waals surface area (Å²) < 4.78 is 42.5. The van der Waals surface area contributed by atoms with E-state index in [4.69, 9.17) is 0 Å². The van der Waals surface area contributed by atoms with Gasteiger partial charge in [-0.15, -0.1) is 23.4 Å². The molecule has 204 valence electrons. The van der Waals surface area contributed by atoms with Crippen LogP contribution >= 0.6 is 11.8 Å². The molecular weight excluding hydrogens is 541 g/mol. The molecule has 4 aromatic rings. The summed E-state index contributed by atoms with van der Waals surface area (Å²) >= 11 is 1.35. The minimum atomic E-state index is -4.75. The second kappa shape index (κ2) is 11.3. The first-order chi connectivity index (χ1) is 19.2. The van der Waals surface area contributed by atoms with Crippen LogP contribution in [0.3, 0.4) is 0 Å². The highest BCUT2D eigenvalue weighted by Gasteiger charge is 2.32. The van der Waals surface area contributed by atoms with Crippen LogP contribution in [0.5, 0.6) is 5.75 Å². The van der Waals surface area contributed by atoms with E-state index >= 15 is 0 Å². The Bertz CT molecular complexity index is 1560. The third kappa shape index (κ3) is 6.23. The number of nitrogens with zero attached hydrogens (tertiary/aromatic N) is 6. The van der Waals surface area contributed by atoms with Gasteiger partial charge in [0.1, 0.15) is 12.1 Å². The molecular formula is C28H23F3N6O2S. The fourth-order valence-electron chi connectivity index (χ4n) is 4.04. The molecule has 8 nitrogen and oxygen atoms in total. The molecule has 1 saturated heterocycles. The third-order valence-corrected chi connectivity index (χ3v) is 6.82. The van der Waals surface area contributed by atoms with Crippen molar-refractivity contribution in [2.45, 2.75) is 26.1 Å². The van der Waals surface area contributed by atoms with Gasteiger partial charge in [-0.05, 0) is 47.4 Å². The first-order valence-corrected chi connectivity index (χ1v) is 13.2. The zero-order valence-corrected chi connectivity index (χ0v) is 22.2. The summed E-state index contributed by atoms with van der Waals surface area (Å²) in [6, 6.07) is 20.5. The fourth-order valence-corrected chi connectivity index (χ4v) is 4.85. The van der Waals surface area contributed by atoms with Gasteiger partial charge in [-0.2, -0.15) is 5.10 Å². The minimum absolute atomic E-state index is 0.0334. The topological polar surface area (TPSA) is 85.0 Å². The van der Waals surface area contributed by atoms with Crippen LogP contribution in [0.2, 0.25) is 0 Å². The summed E-state index contributed by atoms with van der Waals surface area (Å²) in [7, 11) is 0. The van der Waals surface area contributed by atoms with Gasteiger partial charge in [0.25, 0.3) is 0 Å². The molecule has 0 bridgehead atoms. The Morgan fingerprint density at radius 2 is 1.75 bits per heavy atom. The van der Waals surface area contributed by atoms with Crippen LogP contribution in [0.15, 0.2) is 89.3 Å². The number of rotatable bonds is 7. The van der Waals surface area contributed by atoms with E-state index in [1.54, 1.807) is 11.1 Å². The maximum absolute atomic E-state index is 12.6. The lowest BCUT2D eigenvalue weighted by molar-refractivity contribution is -0.274. The largest absolute Gasteiger partial charge is 0.573 e. The Morgan fingerprint density at radius 3 is 2.45 bits per heavy atom. The highest BCUT2D eigenvalue weighted by Crippen LogP contribution is 2.33. The maximum atomic E-state index is 12.6. The van der Waals surface area contributed by atoms with E-state index in [0.717, 1.165) is 22.4 Å². The van der Waals surface area contributed by atoms with E-state index in [1.807, 2.05) is 48.5 Å². The quantitative estimate of drug-likeness (QED) is 0.191. The number of alkyl halides is 3. The lowest BCUT2D eigenvalue weighted by atomic mass is 10.0. The monoisotopic (exact) mass is 564 g/mol. The van der Waals surface area contributed by atoms with Crippen molar-refractivity contribution in [3.63, 3.8) is 0 Å². The van der Waals surface area contributed by atoms with E-state index in [0.29, 0.717) is 22.4 Å². The molecule has 1 aromatic heterocycles. The van der Waals surface area contributed by atoms with Gasteiger partial charge in [-0.25, -0.2) is 9.67 Å². The van der Waals surface area contributed by atoms with Gasteiger partial charge < -0.3 is 4.74 Å².